The molecule has 3 rings (SSSR count). The number of halogens is 1. The summed E-state index contributed by atoms with van der Waals surface area (Å²) in [7, 11) is 2.06. The lowest BCUT2D eigenvalue weighted by Crippen LogP contribution is -2.39. The normalized spacial score (nSPS) is 14.0. The van der Waals surface area contributed by atoms with Gasteiger partial charge in [-0.2, -0.15) is 0 Å². The van der Waals surface area contributed by atoms with Crippen molar-refractivity contribution in [2.75, 3.05) is 51.4 Å². The Hall–Kier alpha value is -2.07. The molecular weight excluding hydrogens is 505 g/mol. The lowest BCUT2D eigenvalue weighted by Gasteiger charge is -2.29. The predicted molar refractivity (Wildman–Crippen MR) is 137 cm³/mol. The third kappa shape index (κ3) is 7.53. The van der Waals surface area contributed by atoms with Crippen molar-refractivity contribution in [3.63, 3.8) is 0 Å². The Morgan fingerprint density at radius 1 is 1.19 bits per heavy atom. The Kier molecular flexibility index (Phi) is 10.9. The van der Waals surface area contributed by atoms with Crippen molar-refractivity contribution in [1.82, 2.24) is 15.2 Å². The standard InChI is InChI=1S/C23H33N5O2.HI/c1-4-24-23(27(3)18-19-8-10-21(11-9-19)30-5-2)26-17-20-7-6-12-25-22(20)28-13-15-29-16-14-28;/h6-12H,4-5,13-18H2,1-3H3,(H,24,26);1H. The molecule has 0 atom stereocenters. The van der Waals surface area contributed by atoms with E-state index in [9.17, 15) is 0 Å². The van der Waals surface area contributed by atoms with Gasteiger partial charge in [-0.15, -0.1) is 24.0 Å². The molecule has 7 nitrogen and oxygen atoms in total. The minimum atomic E-state index is 0. The van der Waals surface area contributed by atoms with Crippen LogP contribution in [0.25, 0.3) is 0 Å². The first kappa shape index (κ1) is 25.2. The second-order valence-corrected chi connectivity index (χ2v) is 7.19. The van der Waals surface area contributed by atoms with Gasteiger partial charge in [0.2, 0.25) is 0 Å². The molecule has 170 valence electrons. The average molecular weight is 539 g/mol. The molecular formula is C23H34IN5O2. The van der Waals surface area contributed by atoms with Crippen LogP contribution in [0.15, 0.2) is 47.6 Å². The summed E-state index contributed by atoms with van der Waals surface area (Å²) in [6.07, 6.45) is 1.85. The number of pyridine rings is 1. The molecule has 1 aromatic carbocycles. The lowest BCUT2D eigenvalue weighted by atomic mass is 10.2. The van der Waals surface area contributed by atoms with E-state index in [1.54, 1.807) is 0 Å². The van der Waals surface area contributed by atoms with E-state index >= 15 is 0 Å². The monoisotopic (exact) mass is 539 g/mol. The Bertz CT molecular complexity index is 810. The molecule has 0 amide bonds. The smallest absolute Gasteiger partial charge is 0.194 e. The van der Waals surface area contributed by atoms with Gasteiger partial charge >= 0.3 is 0 Å². The molecule has 8 heteroatoms. The number of aromatic nitrogens is 1. The van der Waals surface area contributed by atoms with Gasteiger partial charge in [0.1, 0.15) is 11.6 Å². The molecule has 0 bridgehead atoms. The van der Waals surface area contributed by atoms with Crippen LogP contribution in [0.2, 0.25) is 0 Å². The number of ether oxygens (including phenoxy) is 2. The van der Waals surface area contributed by atoms with Crippen molar-refractivity contribution in [3.05, 3.63) is 53.7 Å². The van der Waals surface area contributed by atoms with Crippen molar-refractivity contribution >= 4 is 35.8 Å². The number of guanidine groups is 1. The molecule has 2 aromatic rings. The summed E-state index contributed by atoms with van der Waals surface area (Å²) in [5.41, 5.74) is 2.34. The third-order valence-corrected chi connectivity index (χ3v) is 4.93. The summed E-state index contributed by atoms with van der Waals surface area (Å²) in [5.74, 6) is 2.79. The van der Waals surface area contributed by atoms with Gasteiger partial charge in [0.05, 0.1) is 26.4 Å². The molecule has 0 saturated carbocycles. The van der Waals surface area contributed by atoms with Crippen LogP contribution in [0.4, 0.5) is 5.82 Å². The predicted octanol–water partition coefficient (Wildman–Crippen LogP) is 3.53. The summed E-state index contributed by atoms with van der Waals surface area (Å²) in [6, 6.07) is 12.3. The topological polar surface area (TPSA) is 62.2 Å². The number of hydrogen-bond acceptors (Lipinski definition) is 5. The minimum Gasteiger partial charge on any atom is -0.494 e. The molecule has 0 aliphatic carbocycles. The highest BCUT2D eigenvalue weighted by Crippen LogP contribution is 2.19. The fraction of sp³-hybridized carbons (Fsp3) is 0.478. The minimum absolute atomic E-state index is 0. The molecule has 1 fully saturated rings. The molecule has 0 unspecified atom stereocenters. The molecule has 1 aliphatic heterocycles. The van der Waals surface area contributed by atoms with Crippen LogP contribution in [0, 0.1) is 0 Å². The van der Waals surface area contributed by atoms with Crippen molar-refractivity contribution in [2.24, 2.45) is 4.99 Å². The summed E-state index contributed by atoms with van der Waals surface area (Å²) in [5, 5.41) is 3.40. The zero-order chi connectivity index (χ0) is 21.2. The Labute approximate surface area is 202 Å². The molecule has 1 aromatic heterocycles. The number of aliphatic imine (C=N–C) groups is 1. The van der Waals surface area contributed by atoms with Crippen molar-refractivity contribution < 1.29 is 9.47 Å². The SMILES string of the molecule is CCNC(=NCc1cccnc1N1CCOCC1)N(C)Cc1ccc(OCC)cc1.I. The van der Waals surface area contributed by atoms with Gasteiger partial charge < -0.3 is 24.6 Å². The zero-order valence-corrected chi connectivity index (χ0v) is 21.0. The average Bonchev–Trinajstić information content (AvgIpc) is 2.79. The zero-order valence-electron chi connectivity index (χ0n) is 18.7. The maximum Gasteiger partial charge on any atom is 0.194 e. The van der Waals surface area contributed by atoms with E-state index in [-0.39, 0.29) is 24.0 Å². The quantitative estimate of drug-likeness (QED) is 0.315. The summed E-state index contributed by atoms with van der Waals surface area (Å²) >= 11 is 0. The Morgan fingerprint density at radius 3 is 2.61 bits per heavy atom. The molecule has 1 aliphatic rings. The number of nitrogens with one attached hydrogen (secondary N) is 1. The number of morpholine rings is 1. The second-order valence-electron chi connectivity index (χ2n) is 7.19. The van der Waals surface area contributed by atoms with Crippen molar-refractivity contribution in [1.29, 1.82) is 0 Å². The van der Waals surface area contributed by atoms with Crippen LogP contribution in [0.1, 0.15) is 25.0 Å². The molecule has 1 N–H and O–H groups in total. The fourth-order valence-electron chi connectivity index (χ4n) is 3.45. The third-order valence-electron chi connectivity index (χ3n) is 4.93. The fourth-order valence-corrected chi connectivity index (χ4v) is 3.45. The molecule has 0 radical (unpaired) electrons. The first-order chi connectivity index (χ1) is 14.7. The maximum absolute atomic E-state index is 5.53. The van der Waals surface area contributed by atoms with Gasteiger partial charge in [0.15, 0.2) is 5.96 Å². The molecule has 31 heavy (non-hydrogen) atoms. The Balaban J connectivity index is 0.00000341. The van der Waals surface area contributed by atoms with E-state index in [1.165, 1.54) is 5.56 Å². The van der Waals surface area contributed by atoms with Gasteiger partial charge in [0.25, 0.3) is 0 Å². The molecule has 2 heterocycles. The van der Waals surface area contributed by atoms with Crippen LogP contribution >= 0.6 is 24.0 Å². The number of benzene rings is 1. The highest BCUT2D eigenvalue weighted by atomic mass is 127. The number of anilines is 1. The van der Waals surface area contributed by atoms with Gasteiger partial charge in [-0.1, -0.05) is 18.2 Å². The van der Waals surface area contributed by atoms with E-state index in [2.05, 4.69) is 52.3 Å². The second kappa shape index (κ2) is 13.4. The first-order valence-electron chi connectivity index (χ1n) is 10.7. The number of hydrogen-bond donors (Lipinski definition) is 1. The summed E-state index contributed by atoms with van der Waals surface area (Å²) in [6.45, 7) is 10.1. The lowest BCUT2D eigenvalue weighted by molar-refractivity contribution is 0.122. The van der Waals surface area contributed by atoms with E-state index in [0.717, 1.165) is 62.5 Å². The van der Waals surface area contributed by atoms with Crippen LogP contribution in [-0.4, -0.2) is 62.3 Å². The summed E-state index contributed by atoms with van der Waals surface area (Å²) in [4.78, 5) is 13.9. The summed E-state index contributed by atoms with van der Waals surface area (Å²) < 4.78 is 11.0. The van der Waals surface area contributed by atoms with E-state index in [1.807, 2.05) is 31.3 Å². The van der Waals surface area contributed by atoms with Crippen LogP contribution < -0.4 is 15.0 Å². The van der Waals surface area contributed by atoms with Gasteiger partial charge in [-0.05, 0) is 37.6 Å². The van der Waals surface area contributed by atoms with Gasteiger partial charge in [0, 0.05) is 45.0 Å². The Morgan fingerprint density at radius 2 is 1.94 bits per heavy atom. The highest BCUT2D eigenvalue weighted by Gasteiger charge is 2.16. The van der Waals surface area contributed by atoms with E-state index in [0.29, 0.717) is 13.2 Å². The largest absolute Gasteiger partial charge is 0.494 e. The van der Waals surface area contributed by atoms with E-state index < -0.39 is 0 Å². The maximum atomic E-state index is 5.53. The number of nitrogens with zero attached hydrogens (tertiary/aromatic N) is 4. The van der Waals surface area contributed by atoms with Gasteiger partial charge in [-0.3, -0.25) is 0 Å². The highest BCUT2D eigenvalue weighted by molar-refractivity contribution is 14.0. The number of rotatable bonds is 8. The van der Waals surface area contributed by atoms with E-state index in [4.69, 9.17) is 14.5 Å². The van der Waals surface area contributed by atoms with Crippen molar-refractivity contribution in [2.45, 2.75) is 26.9 Å². The first-order valence-corrected chi connectivity index (χ1v) is 10.7. The molecule has 0 spiro atoms. The van der Waals surface area contributed by atoms with Crippen LogP contribution in [-0.2, 0) is 17.8 Å². The molecule has 1 saturated heterocycles. The van der Waals surface area contributed by atoms with Crippen molar-refractivity contribution in [3.8, 4) is 5.75 Å². The van der Waals surface area contributed by atoms with Crippen LogP contribution in [0.3, 0.4) is 0 Å². The van der Waals surface area contributed by atoms with Gasteiger partial charge in [-0.25, -0.2) is 9.98 Å². The van der Waals surface area contributed by atoms with Crippen LogP contribution in [0.5, 0.6) is 5.75 Å².